The lowest BCUT2D eigenvalue weighted by molar-refractivity contribution is 0.0614. The number of hydrogen-bond donors (Lipinski definition) is 0. The van der Waals surface area contributed by atoms with Crippen LogP contribution in [-0.4, -0.2) is 66.2 Å². The third kappa shape index (κ3) is 4.09. The summed E-state index contributed by atoms with van der Waals surface area (Å²) in [5.74, 6) is 2.65. The fraction of sp³-hybridized carbons (Fsp3) is 0.350. The lowest BCUT2D eigenvalue weighted by Crippen LogP contribution is -2.48. The lowest BCUT2D eigenvalue weighted by atomic mass is 10.1. The second-order valence-electron chi connectivity index (χ2n) is 6.63. The summed E-state index contributed by atoms with van der Waals surface area (Å²) >= 11 is 0. The molecule has 1 aromatic carbocycles. The Labute approximate surface area is 167 Å². The normalized spacial score (nSPS) is 14.8. The monoisotopic (exact) mass is 398 g/mol. The molecule has 2 aromatic heterocycles. The van der Waals surface area contributed by atoms with Crippen molar-refractivity contribution >= 4 is 5.91 Å². The zero-order valence-corrected chi connectivity index (χ0v) is 16.3. The molecule has 0 bridgehead atoms. The Bertz CT molecular complexity index is 961. The number of hydrogen-bond acceptors (Lipinski definition) is 8. The predicted molar refractivity (Wildman–Crippen MR) is 103 cm³/mol. The first kappa shape index (κ1) is 19.0. The fourth-order valence-corrected chi connectivity index (χ4v) is 3.28. The highest BCUT2D eigenvalue weighted by atomic mass is 16.5. The number of aromatic nitrogens is 2. The number of carbonyl (C=O) groups excluding carboxylic acids is 1. The van der Waals surface area contributed by atoms with E-state index in [2.05, 4.69) is 15.0 Å². The van der Waals surface area contributed by atoms with Crippen molar-refractivity contribution in [1.82, 2.24) is 19.9 Å². The summed E-state index contributed by atoms with van der Waals surface area (Å²) in [5, 5.41) is 3.94. The standard InChI is InChI=1S/C20H22N4O5/c1-26-15-6-5-14(12-17(15)27-2)20(25)24-9-7-23(8-10-24)13-18-21-19(22-29-18)16-4-3-11-28-16/h3-6,11-12H,7-10,13H2,1-2H3. The quantitative estimate of drug-likeness (QED) is 0.624. The summed E-state index contributed by atoms with van der Waals surface area (Å²) in [6, 6.07) is 8.77. The second-order valence-corrected chi connectivity index (χ2v) is 6.63. The van der Waals surface area contributed by atoms with Crippen LogP contribution in [0, 0.1) is 0 Å². The molecule has 0 radical (unpaired) electrons. The molecule has 0 aliphatic carbocycles. The van der Waals surface area contributed by atoms with E-state index in [4.69, 9.17) is 18.4 Å². The maximum Gasteiger partial charge on any atom is 0.254 e. The second kappa shape index (κ2) is 8.36. The molecule has 9 heteroatoms. The number of nitrogens with zero attached hydrogens (tertiary/aromatic N) is 4. The van der Waals surface area contributed by atoms with E-state index >= 15 is 0 Å². The van der Waals surface area contributed by atoms with Gasteiger partial charge in [0.1, 0.15) is 0 Å². The van der Waals surface area contributed by atoms with Gasteiger partial charge in [0.15, 0.2) is 17.3 Å². The van der Waals surface area contributed by atoms with Crippen LogP contribution in [0.3, 0.4) is 0 Å². The van der Waals surface area contributed by atoms with Gasteiger partial charge in [0.2, 0.25) is 11.7 Å². The number of furan rings is 1. The minimum Gasteiger partial charge on any atom is -0.493 e. The minimum atomic E-state index is -0.0245. The molecule has 0 spiro atoms. The van der Waals surface area contributed by atoms with Crippen LogP contribution in [0.2, 0.25) is 0 Å². The first-order valence-electron chi connectivity index (χ1n) is 9.28. The number of ether oxygens (including phenoxy) is 2. The van der Waals surface area contributed by atoms with Gasteiger partial charge in [-0.1, -0.05) is 5.16 Å². The summed E-state index contributed by atoms with van der Waals surface area (Å²) in [5.41, 5.74) is 0.580. The first-order chi connectivity index (χ1) is 14.2. The van der Waals surface area contributed by atoms with Gasteiger partial charge in [-0.2, -0.15) is 4.98 Å². The van der Waals surface area contributed by atoms with E-state index in [-0.39, 0.29) is 5.91 Å². The van der Waals surface area contributed by atoms with Gasteiger partial charge in [-0.25, -0.2) is 0 Å². The van der Waals surface area contributed by atoms with Gasteiger partial charge in [0.25, 0.3) is 5.91 Å². The number of benzene rings is 1. The summed E-state index contributed by atoms with van der Waals surface area (Å²) in [6.07, 6.45) is 1.57. The van der Waals surface area contributed by atoms with Crippen LogP contribution in [0.25, 0.3) is 11.6 Å². The van der Waals surface area contributed by atoms with E-state index < -0.39 is 0 Å². The molecule has 1 fully saturated rings. The molecule has 152 valence electrons. The Kier molecular flexibility index (Phi) is 5.48. The lowest BCUT2D eigenvalue weighted by Gasteiger charge is -2.34. The zero-order valence-electron chi connectivity index (χ0n) is 16.3. The Morgan fingerprint density at radius 1 is 1.10 bits per heavy atom. The number of methoxy groups -OCH3 is 2. The molecule has 29 heavy (non-hydrogen) atoms. The van der Waals surface area contributed by atoms with Gasteiger partial charge in [-0.3, -0.25) is 9.69 Å². The van der Waals surface area contributed by atoms with Crippen LogP contribution in [0.1, 0.15) is 16.2 Å². The summed E-state index contributed by atoms with van der Waals surface area (Å²) in [7, 11) is 3.12. The molecule has 1 aliphatic heterocycles. The van der Waals surface area contributed by atoms with Gasteiger partial charge in [-0.05, 0) is 30.3 Å². The van der Waals surface area contributed by atoms with E-state index in [1.54, 1.807) is 50.8 Å². The van der Waals surface area contributed by atoms with Gasteiger partial charge < -0.3 is 23.3 Å². The van der Waals surface area contributed by atoms with Crippen LogP contribution in [0.4, 0.5) is 0 Å². The van der Waals surface area contributed by atoms with Crippen LogP contribution in [0.15, 0.2) is 45.5 Å². The third-order valence-electron chi connectivity index (χ3n) is 4.86. The molecule has 1 amide bonds. The van der Waals surface area contributed by atoms with Crippen molar-refractivity contribution in [1.29, 1.82) is 0 Å². The molecule has 0 N–H and O–H groups in total. The SMILES string of the molecule is COc1ccc(C(=O)N2CCN(Cc3nc(-c4ccco4)no3)CC2)cc1OC. The van der Waals surface area contributed by atoms with Crippen molar-refractivity contribution in [3.05, 3.63) is 48.0 Å². The van der Waals surface area contributed by atoms with Crippen molar-refractivity contribution < 1.29 is 23.2 Å². The smallest absolute Gasteiger partial charge is 0.254 e. The average molecular weight is 398 g/mol. The molecule has 3 heterocycles. The maximum atomic E-state index is 12.8. The van der Waals surface area contributed by atoms with Gasteiger partial charge in [0, 0.05) is 31.7 Å². The van der Waals surface area contributed by atoms with E-state index in [1.165, 1.54) is 0 Å². The highest BCUT2D eigenvalue weighted by Gasteiger charge is 2.24. The fourth-order valence-electron chi connectivity index (χ4n) is 3.28. The predicted octanol–water partition coefficient (Wildman–Crippen LogP) is 2.30. The maximum absolute atomic E-state index is 12.8. The first-order valence-corrected chi connectivity index (χ1v) is 9.28. The number of amides is 1. The average Bonchev–Trinajstić information content (AvgIpc) is 3.45. The Balaban J connectivity index is 1.34. The van der Waals surface area contributed by atoms with Crippen molar-refractivity contribution in [3.8, 4) is 23.1 Å². The topological polar surface area (TPSA) is 94.1 Å². The summed E-state index contributed by atoms with van der Waals surface area (Å²) in [4.78, 5) is 21.2. The molecule has 1 saturated heterocycles. The van der Waals surface area contributed by atoms with Crippen molar-refractivity contribution in [2.75, 3.05) is 40.4 Å². The van der Waals surface area contributed by atoms with Gasteiger partial charge in [-0.15, -0.1) is 0 Å². The Hall–Kier alpha value is -3.33. The van der Waals surface area contributed by atoms with Gasteiger partial charge >= 0.3 is 0 Å². The summed E-state index contributed by atoms with van der Waals surface area (Å²) < 4.78 is 21.1. The van der Waals surface area contributed by atoms with Crippen molar-refractivity contribution in [2.24, 2.45) is 0 Å². The molecular weight excluding hydrogens is 376 g/mol. The van der Waals surface area contributed by atoms with Crippen molar-refractivity contribution in [2.45, 2.75) is 6.54 Å². The summed E-state index contributed by atoms with van der Waals surface area (Å²) in [6.45, 7) is 3.21. The third-order valence-corrected chi connectivity index (χ3v) is 4.86. The molecular formula is C20H22N4O5. The van der Waals surface area contributed by atoms with E-state index in [9.17, 15) is 4.79 Å². The molecule has 0 saturated carbocycles. The molecule has 9 nitrogen and oxygen atoms in total. The zero-order chi connectivity index (χ0) is 20.2. The highest BCUT2D eigenvalue weighted by molar-refractivity contribution is 5.95. The largest absolute Gasteiger partial charge is 0.493 e. The van der Waals surface area contributed by atoms with Crippen LogP contribution in [-0.2, 0) is 6.54 Å². The van der Waals surface area contributed by atoms with E-state index in [0.29, 0.717) is 54.2 Å². The van der Waals surface area contributed by atoms with Crippen LogP contribution >= 0.6 is 0 Å². The van der Waals surface area contributed by atoms with Gasteiger partial charge in [0.05, 0.1) is 27.0 Å². The minimum absolute atomic E-state index is 0.0245. The highest BCUT2D eigenvalue weighted by Crippen LogP contribution is 2.28. The van der Waals surface area contributed by atoms with E-state index in [1.807, 2.05) is 4.90 Å². The molecule has 1 aliphatic rings. The number of rotatable bonds is 6. The molecule has 3 aromatic rings. The van der Waals surface area contributed by atoms with Crippen molar-refractivity contribution in [3.63, 3.8) is 0 Å². The number of piperazine rings is 1. The molecule has 0 atom stereocenters. The molecule has 0 unspecified atom stereocenters. The van der Waals surface area contributed by atoms with E-state index in [0.717, 1.165) is 13.1 Å². The molecule has 4 rings (SSSR count). The Morgan fingerprint density at radius 3 is 2.59 bits per heavy atom. The van der Waals surface area contributed by atoms with Crippen LogP contribution < -0.4 is 9.47 Å². The number of carbonyl (C=O) groups is 1. The van der Waals surface area contributed by atoms with Crippen LogP contribution in [0.5, 0.6) is 11.5 Å². The Morgan fingerprint density at radius 2 is 1.90 bits per heavy atom.